The van der Waals surface area contributed by atoms with Crippen molar-refractivity contribution in [2.45, 2.75) is 6.92 Å². The predicted octanol–water partition coefficient (Wildman–Crippen LogP) is 2.26. The fraction of sp³-hybridized carbons (Fsp3) is 0.222. The van der Waals surface area contributed by atoms with Gasteiger partial charge in [-0.05, 0) is 35.0 Å². The van der Waals surface area contributed by atoms with E-state index in [-0.39, 0.29) is 5.91 Å². The van der Waals surface area contributed by atoms with Crippen LogP contribution in [-0.4, -0.2) is 12.5 Å². The maximum absolute atomic E-state index is 11.3. The molecule has 0 bridgehead atoms. The van der Waals surface area contributed by atoms with Gasteiger partial charge in [0.05, 0.1) is 15.2 Å². The number of nitrogens with one attached hydrogen (secondary N) is 1. The van der Waals surface area contributed by atoms with E-state index in [1.165, 1.54) is 11.3 Å². The van der Waals surface area contributed by atoms with Gasteiger partial charge in [-0.25, -0.2) is 0 Å². The van der Waals surface area contributed by atoms with E-state index in [9.17, 15) is 4.79 Å². The highest BCUT2D eigenvalue weighted by Crippen LogP contribution is 2.21. The van der Waals surface area contributed by atoms with E-state index >= 15 is 0 Å². The molecule has 1 aromatic heterocycles. The van der Waals surface area contributed by atoms with Crippen molar-refractivity contribution in [2.75, 3.05) is 6.54 Å². The Kier molecular flexibility index (Phi) is 4.00. The highest BCUT2D eigenvalue weighted by atomic mass is 79.9. The smallest absolute Gasteiger partial charge is 0.262 e. The summed E-state index contributed by atoms with van der Waals surface area (Å²) in [5.41, 5.74) is 0. The SMILES string of the molecule is CC#CCNC(=O)c1ccc(Br)s1. The number of carbonyl (C=O) groups excluding carboxylic acids is 1. The van der Waals surface area contributed by atoms with Crippen LogP contribution < -0.4 is 5.32 Å². The van der Waals surface area contributed by atoms with Crippen LogP contribution in [0.15, 0.2) is 15.9 Å². The number of amides is 1. The normalized spacial score (nSPS) is 8.77. The van der Waals surface area contributed by atoms with Gasteiger partial charge in [-0.3, -0.25) is 4.79 Å². The van der Waals surface area contributed by atoms with E-state index in [4.69, 9.17) is 0 Å². The molecule has 0 aliphatic heterocycles. The molecule has 1 amide bonds. The summed E-state index contributed by atoms with van der Waals surface area (Å²) in [6, 6.07) is 3.63. The van der Waals surface area contributed by atoms with Crippen molar-refractivity contribution in [2.24, 2.45) is 0 Å². The summed E-state index contributed by atoms with van der Waals surface area (Å²) in [6.45, 7) is 2.15. The van der Waals surface area contributed by atoms with E-state index in [1.54, 1.807) is 13.0 Å². The average molecular weight is 258 g/mol. The molecule has 68 valence electrons. The van der Waals surface area contributed by atoms with E-state index in [1.807, 2.05) is 6.07 Å². The fourth-order valence-corrected chi connectivity index (χ4v) is 2.04. The molecule has 0 radical (unpaired) electrons. The molecule has 0 unspecified atom stereocenters. The highest BCUT2D eigenvalue weighted by Gasteiger charge is 2.05. The summed E-state index contributed by atoms with van der Waals surface area (Å²) in [6.07, 6.45) is 0. The second-order valence-electron chi connectivity index (χ2n) is 2.21. The van der Waals surface area contributed by atoms with E-state index in [2.05, 4.69) is 33.1 Å². The Balaban J connectivity index is 2.52. The third-order valence-electron chi connectivity index (χ3n) is 1.31. The molecule has 1 rings (SSSR count). The highest BCUT2D eigenvalue weighted by molar-refractivity contribution is 9.11. The number of carbonyl (C=O) groups is 1. The molecule has 0 saturated carbocycles. The van der Waals surface area contributed by atoms with Gasteiger partial charge in [-0.2, -0.15) is 0 Å². The van der Waals surface area contributed by atoms with E-state index in [0.717, 1.165) is 3.79 Å². The van der Waals surface area contributed by atoms with Crippen LogP contribution in [0.5, 0.6) is 0 Å². The van der Waals surface area contributed by atoms with Gasteiger partial charge in [0.15, 0.2) is 0 Å². The van der Waals surface area contributed by atoms with Gasteiger partial charge in [-0.1, -0.05) is 5.92 Å². The lowest BCUT2D eigenvalue weighted by atomic mass is 10.4. The summed E-state index contributed by atoms with van der Waals surface area (Å²) < 4.78 is 0.958. The first kappa shape index (κ1) is 10.3. The Morgan fingerprint density at radius 3 is 3.00 bits per heavy atom. The molecule has 4 heteroatoms. The largest absolute Gasteiger partial charge is 0.340 e. The lowest BCUT2D eigenvalue weighted by Crippen LogP contribution is -2.22. The molecule has 0 aliphatic carbocycles. The molecule has 1 heterocycles. The molecule has 0 fully saturated rings. The van der Waals surface area contributed by atoms with Crippen LogP contribution in [0, 0.1) is 11.8 Å². The quantitative estimate of drug-likeness (QED) is 0.810. The number of halogens is 1. The van der Waals surface area contributed by atoms with Gasteiger partial charge in [0, 0.05) is 0 Å². The van der Waals surface area contributed by atoms with Crippen molar-refractivity contribution in [3.05, 3.63) is 20.8 Å². The molecule has 13 heavy (non-hydrogen) atoms. The van der Waals surface area contributed by atoms with Crippen molar-refractivity contribution >= 4 is 33.2 Å². The van der Waals surface area contributed by atoms with Crippen LogP contribution in [-0.2, 0) is 0 Å². The number of hydrogen-bond acceptors (Lipinski definition) is 2. The lowest BCUT2D eigenvalue weighted by Gasteiger charge is -1.95. The summed E-state index contributed by atoms with van der Waals surface area (Å²) in [4.78, 5) is 12.0. The number of thiophene rings is 1. The molecule has 1 N–H and O–H groups in total. The van der Waals surface area contributed by atoms with Crippen LogP contribution in [0.25, 0.3) is 0 Å². The summed E-state index contributed by atoms with van der Waals surface area (Å²) in [7, 11) is 0. The van der Waals surface area contributed by atoms with Crippen LogP contribution in [0.1, 0.15) is 16.6 Å². The lowest BCUT2D eigenvalue weighted by molar-refractivity contribution is 0.0963. The minimum Gasteiger partial charge on any atom is -0.340 e. The Morgan fingerprint density at radius 1 is 1.69 bits per heavy atom. The summed E-state index contributed by atoms with van der Waals surface area (Å²) in [5, 5.41) is 2.69. The first-order valence-electron chi connectivity index (χ1n) is 3.67. The van der Waals surface area contributed by atoms with Crippen molar-refractivity contribution < 1.29 is 4.79 Å². The van der Waals surface area contributed by atoms with Crippen LogP contribution in [0.3, 0.4) is 0 Å². The molecular formula is C9H8BrNOS. The Bertz CT molecular complexity index is 361. The Morgan fingerprint density at radius 2 is 2.46 bits per heavy atom. The Labute approximate surface area is 89.5 Å². The van der Waals surface area contributed by atoms with Gasteiger partial charge in [0.2, 0.25) is 0 Å². The molecular weight excluding hydrogens is 250 g/mol. The van der Waals surface area contributed by atoms with Crippen LogP contribution in [0.4, 0.5) is 0 Å². The predicted molar refractivity (Wildman–Crippen MR) is 57.8 cm³/mol. The van der Waals surface area contributed by atoms with Gasteiger partial charge in [0.1, 0.15) is 0 Å². The first-order chi connectivity index (χ1) is 6.24. The van der Waals surface area contributed by atoms with E-state index in [0.29, 0.717) is 11.4 Å². The van der Waals surface area contributed by atoms with Crippen molar-refractivity contribution in [3.8, 4) is 11.8 Å². The summed E-state index contributed by atoms with van der Waals surface area (Å²) in [5.74, 6) is 5.40. The molecule has 0 aliphatic rings. The first-order valence-corrected chi connectivity index (χ1v) is 5.28. The Hall–Kier alpha value is -0.790. The van der Waals surface area contributed by atoms with Gasteiger partial charge < -0.3 is 5.32 Å². The average Bonchev–Trinajstić information content (AvgIpc) is 2.52. The zero-order valence-electron chi connectivity index (χ0n) is 7.06. The molecule has 0 atom stereocenters. The van der Waals surface area contributed by atoms with Crippen molar-refractivity contribution in [1.29, 1.82) is 0 Å². The zero-order chi connectivity index (χ0) is 9.68. The number of hydrogen-bond donors (Lipinski definition) is 1. The maximum atomic E-state index is 11.3. The number of rotatable bonds is 2. The molecule has 1 aromatic rings. The van der Waals surface area contributed by atoms with Crippen LogP contribution in [0.2, 0.25) is 0 Å². The van der Waals surface area contributed by atoms with Crippen LogP contribution >= 0.6 is 27.3 Å². The monoisotopic (exact) mass is 257 g/mol. The van der Waals surface area contributed by atoms with Gasteiger partial charge in [-0.15, -0.1) is 17.3 Å². The van der Waals surface area contributed by atoms with Gasteiger partial charge >= 0.3 is 0 Å². The maximum Gasteiger partial charge on any atom is 0.262 e. The molecule has 2 nitrogen and oxygen atoms in total. The van der Waals surface area contributed by atoms with Crippen molar-refractivity contribution in [3.63, 3.8) is 0 Å². The topological polar surface area (TPSA) is 29.1 Å². The second-order valence-corrected chi connectivity index (χ2v) is 4.68. The minimum absolute atomic E-state index is 0.0709. The zero-order valence-corrected chi connectivity index (χ0v) is 9.46. The standard InChI is InChI=1S/C9H8BrNOS/c1-2-3-6-11-9(12)7-4-5-8(10)13-7/h4-5H,6H2,1H3,(H,11,12). The third kappa shape index (κ3) is 3.21. The summed E-state index contributed by atoms with van der Waals surface area (Å²) >= 11 is 4.70. The van der Waals surface area contributed by atoms with Crippen molar-refractivity contribution in [1.82, 2.24) is 5.32 Å². The molecule has 0 spiro atoms. The van der Waals surface area contributed by atoms with E-state index < -0.39 is 0 Å². The third-order valence-corrected chi connectivity index (χ3v) is 2.93. The fourth-order valence-electron chi connectivity index (χ4n) is 0.736. The molecule has 0 aromatic carbocycles. The minimum atomic E-state index is -0.0709. The van der Waals surface area contributed by atoms with Gasteiger partial charge in [0.25, 0.3) is 5.91 Å². The second kappa shape index (κ2) is 5.05. The molecule has 0 saturated heterocycles.